The molecule has 0 aliphatic heterocycles. The number of amides is 1. The highest BCUT2D eigenvalue weighted by Crippen LogP contribution is 2.20. The molecule has 0 fully saturated rings. The predicted molar refractivity (Wildman–Crippen MR) is 112 cm³/mol. The predicted octanol–water partition coefficient (Wildman–Crippen LogP) is 3.91. The molecule has 30 heavy (non-hydrogen) atoms. The number of carbonyl (C=O) groups is 1. The third-order valence-electron chi connectivity index (χ3n) is 4.46. The fourth-order valence-electron chi connectivity index (χ4n) is 2.82. The number of halogens is 1. The molecule has 0 aliphatic rings. The van der Waals surface area contributed by atoms with Crippen LogP contribution in [0.1, 0.15) is 15.9 Å². The molecule has 0 saturated heterocycles. The van der Waals surface area contributed by atoms with E-state index in [1.54, 1.807) is 14.2 Å². The summed E-state index contributed by atoms with van der Waals surface area (Å²) in [6, 6.07) is 18.4. The van der Waals surface area contributed by atoms with E-state index in [-0.39, 0.29) is 16.5 Å². The number of nitrogens with zero attached hydrogens (tertiary/aromatic N) is 1. The van der Waals surface area contributed by atoms with Crippen molar-refractivity contribution < 1.29 is 22.3 Å². The van der Waals surface area contributed by atoms with Crippen molar-refractivity contribution >= 4 is 21.6 Å². The zero-order chi connectivity index (χ0) is 21.7. The minimum atomic E-state index is -3.98. The molecule has 0 unspecified atom stereocenters. The molecule has 8 heteroatoms. The Morgan fingerprint density at radius 1 is 1.00 bits per heavy atom. The first-order valence-corrected chi connectivity index (χ1v) is 10.5. The Morgan fingerprint density at radius 3 is 2.23 bits per heavy atom. The van der Waals surface area contributed by atoms with Crippen molar-refractivity contribution in [3.8, 4) is 5.75 Å². The molecule has 1 amide bonds. The number of rotatable bonds is 7. The molecule has 0 bridgehead atoms. The van der Waals surface area contributed by atoms with Gasteiger partial charge in [-0.25, -0.2) is 12.8 Å². The van der Waals surface area contributed by atoms with E-state index in [1.165, 1.54) is 47.4 Å². The Balaban J connectivity index is 1.70. The normalized spacial score (nSPS) is 11.0. The van der Waals surface area contributed by atoms with E-state index < -0.39 is 15.8 Å². The molecule has 1 N–H and O–H groups in total. The zero-order valence-corrected chi connectivity index (χ0v) is 17.3. The first kappa shape index (κ1) is 21.3. The molecule has 0 aliphatic carbocycles. The third kappa shape index (κ3) is 4.96. The molecule has 3 aromatic carbocycles. The highest BCUT2D eigenvalue weighted by atomic mass is 32.2. The number of carbonyl (C=O) groups excluding carboxylic acids is 1. The van der Waals surface area contributed by atoms with Crippen LogP contribution < -0.4 is 9.46 Å². The van der Waals surface area contributed by atoms with E-state index in [0.717, 1.165) is 17.4 Å². The first-order chi connectivity index (χ1) is 14.3. The van der Waals surface area contributed by atoms with Crippen molar-refractivity contribution in [2.75, 3.05) is 18.9 Å². The van der Waals surface area contributed by atoms with Gasteiger partial charge in [-0.3, -0.25) is 9.52 Å². The summed E-state index contributed by atoms with van der Waals surface area (Å²) < 4.78 is 46.0. The van der Waals surface area contributed by atoms with Gasteiger partial charge in [-0.05, 0) is 54.1 Å². The van der Waals surface area contributed by atoms with Crippen LogP contribution in [0.25, 0.3) is 0 Å². The van der Waals surface area contributed by atoms with Gasteiger partial charge in [0.15, 0.2) is 0 Å². The van der Waals surface area contributed by atoms with Crippen LogP contribution in [0.2, 0.25) is 0 Å². The lowest BCUT2D eigenvalue weighted by molar-refractivity contribution is 0.0785. The van der Waals surface area contributed by atoms with Gasteiger partial charge in [-0.2, -0.15) is 0 Å². The second-order valence-electron chi connectivity index (χ2n) is 6.62. The summed E-state index contributed by atoms with van der Waals surface area (Å²) >= 11 is 0. The van der Waals surface area contributed by atoms with Gasteiger partial charge in [0, 0.05) is 19.2 Å². The average molecular weight is 428 g/mol. The van der Waals surface area contributed by atoms with E-state index in [2.05, 4.69) is 4.72 Å². The van der Waals surface area contributed by atoms with Crippen LogP contribution in [0.3, 0.4) is 0 Å². The van der Waals surface area contributed by atoms with Crippen LogP contribution in [0.4, 0.5) is 10.1 Å². The molecular weight excluding hydrogens is 407 g/mol. The average Bonchev–Trinajstić information content (AvgIpc) is 2.75. The van der Waals surface area contributed by atoms with Crippen molar-refractivity contribution in [3.63, 3.8) is 0 Å². The highest BCUT2D eigenvalue weighted by molar-refractivity contribution is 7.92. The number of nitrogens with one attached hydrogen (secondary N) is 1. The van der Waals surface area contributed by atoms with E-state index in [9.17, 15) is 17.6 Å². The molecule has 0 aromatic heterocycles. The summed E-state index contributed by atoms with van der Waals surface area (Å²) in [4.78, 5) is 14.1. The fourth-order valence-corrected chi connectivity index (χ4v) is 3.89. The Bertz CT molecular complexity index is 1130. The Labute approximate surface area is 175 Å². The van der Waals surface area contributed by atoms with E-state index in [0.29, 0.717) is 12.1 Å². The van der Waals surface area contributed by atoms with Crippen LogP contribution in [-0.4, -0.2) is 33.4 Å². The summed E-state index contributed by atoms with van der Waals surface area (Å²) in [5, 5.41) is 0. The van der Waals surface area contributed by atoms with Crippen molar-refractivity contribution in [3.05, 3.63) is 89.7 Å². The second-order valence-corrected chi connectivity index (χ2v) is 8.30. The summed E-state index contributed by atoms with van der Waals surface area (Å²) in [6.07, 6.45) is 0. The van der Waals surface area contributed by atoms with Crippen LogP contribution in [0, 0.1) is 5.82 Å². The van der Waals surface area contributed by atoms with Crippen molar-refractivity contribution in [2.45, 2.75) is 11.4 Å². The zero-order valence-electron chi connectivity index (χ0n) is 16.5. The number of sulfonamides is 1. The van der Waals surface area contributed by atoms with Crippen molar-refractivity contribution in [1.82, 2.24) is 4.90 Å². The van der Waals surface area contributed by atoms with Crippen LogP contribution in [0.15, 0.2) is 77.7 Å². The van der Waals surface area contributed by atoms with Crippen LogP contribution >= 0.6 is 0 Å². The van der Waals surface area contributed by atoms with E-state index in [4.69, 9.17) is 4.74 Å². The first-order valence-electron chi connectivity index (χ1n) is 9.06. The maximum atomic E-state index is 13.7. The summed E-state index contributed by atoms with van der Waals surface area (Å²) in [5.74, 6) is -0.196. The molecule has 156 valence electrons. The van der Waals surface area contributed by atoms with E-state index >= 15 is 0 Å². The molecule has 0 radical (unpaired) electrons. The maximum Gasteiger partial charge on any atom is 0.261 e. The van der Waals surface area contributed by atoms with Gasteiger partial charge in [-0.1, -0.05) is 24.3 Å². The molecular formula is C22H21FN2O4S. The molecule has 0 atom stereocenters. The second kappa shape index (κ2) is 8.96. The van der Waals surface area contributed by atoms with Crippen molar-refractivity contribution in [2.24, 2.45) is 0 Å². The van der Waals surface area contributed by atoms with Gasteiger partial charge in [-0.15, -0.1) is 0 Å². The topological polar surface area (TPSA) is 75.7 Å². The van der Waals surface area contributed by atoms with Gasteiger partial charge in [0.1, 0.15) is 11.6 Å². The van der Waals surface area contributed by atoms with Gasteiger partial charge in [0.25, 0.3) is 15.9 Å². The molecule has 6 nitrogen and oxygen atoms in total. The maximum absolute atomic E-state index is 13.7. The largest absolute Gasteiger partial charge is 0.497 e. The molecule has 0 heterocycles. The number of benzene rings is 3. The van der Waals surface area contributed by atoms with Gasteiger partial charge in [0.2, 0.25) is 0 Å². The molecule has 0 spiro atoms. The molecule has 0 saturated carbocycles. The van der Waals surface area contributed by atoms with E-state index in [1.807, 2.05) is 24.3 Å². The number of hydrogen-bond donors (Lipinski definition) is 1. The molecule has 3 aromatic rings. The van der Waals surface area contributed by atoms with Gasteiger partial charge < -0.3 is 9.64 Å². The van der Waals surface area contributed by atoms with Crippen LogP contribution in [-0.2, 0) is 16.6 Å². The monoisotopic (exact) mass is 428 g/mol. The number of ether oxygens (including phenoxy) is 1. The quantitative estimate of drug-likeness (QED) is 0.619. The Hall–Kier alpha value is -3.39. The minimum absolute atomic E-state index is 0.0693. The lowest BCUT2D eigenvalue weighted by atomic mass is 10.1. The van der Waals surface area contributed by atoms with Gasteiger partial charge in [0.05, 0.1) is 17.7 Å². The standard InChI is InChI=1S/C22H21FN2O4S/c1-25(15-16-7-11-18(29-2)12-8-16)22(26)17-9-13-19(14-10-17)30(27,28)24-21-6-4-3-5-20(21)23/h3-14,24H,15H2,1-2H3. The number of para-hydroxylation sites is 1. The lowest BCUT2D eigenvalue weighted by Gasteiger charge is -2.18. The third-order valence-corrected chi connectivity index (χ3v) is 5.84. The summed E-state index contributed by atoms with van der Waals surface area (Å²) in [7, 11) is -0.733. The lowest BCUT2D eigenvalue weighted by Crippen LogP contribution is -2.26. The van der Waals surface area contributed by atoms with Crippen LogP contribution in [0.5, 0.6) is 5.75 Å². The van der Waals surface area contributed by atoms with Crippen molar-refractivity contribution in [1.29, 1.82) is 0 Å². The van der Waals surface area contributed by atoms with Gasteiger partial charge >= 0.3 is 0 Å². The molecule has 3 rings (SSSR count). The summed E-state index contributed by atoms with van der Waals surface area (Å²) in [6.45, 7) is 0.387. The summed E-state index contributed by atoms with van der Waals surface area (Å²) in [5.41, 5.74) is 1.13. The number of methoxy groups -OCH3 is 1. The minimum Gasteiger partial charge on any atom is -0.497 e. The number of anilines is 1. The Morgan fingerprint density at radius 2 is 1.63 bits per heavy atom. The highest BCUT2D eigenvalue weighted by Gasteiger charge is 2.18. The number of hydrogen-bond acceptors (Lipinski definition) is 4. The fraction of sp³-hybridized carbons (Fsp3) is 0.136. The Kier molecular flexibility index (Phi) is 6.37. The SMILES string of the molecule is COc1ccc(CN(C)C(=O)c2ccc(S(=O)(=O)Nc3ccccc3F)cc2)cc1. The smallest absolute Gasteiger partial charge is 0.261 e.